The van der Waals surface area contributed by atoms with Crippen molar-refractivity contribution in [1.82, 2.24) is 5.32 Å². The zero-order valence-corrected chi connectivity index (χ0v) is 8.06. The van der Waals surface area contributed by atoms with E-state index in [0.717, 1.165) is 17.9 Å². The van der Waals surface area contributed by atoms with Gasteiger partial charge in [0.15, 0.2) is 0 Å². The summed E-state index contributed by atoms with van der Waals surface area (Å²) in [4.78, 5) is 0. The molecule has 1 nitrogen and oxygen atoms in total. The minimum Gasteiger partial charge on any atom is -0.313 e. The lowest BCUT2D eigenvalue weighted by atomic mass is 9.88. The third-order valence-corrected chi connectivity index (χ3v) is 2.94. The normalized spacial score (nSPS) is 32.7. The van der Waals surface area contributed by atoms with Gasteiger partial charge in [0.25, 0.3) is 0 Å². The molecular formula is C10H21N. The van der Waals surface area contributed by atoms with E-state index in [1.54, 1.807) is 0 Å². The minimum atomic E-state index is 0.790. The Morgan fingerprint density at radius 3 is 2.45 bits per heavy atom. The largest absolute Gasteiger partial charge is 0.313 e. The average molecular weight is 155 g/mol. The monoisotopic (exact) mass is 155 g/mol. The first kappa shape index (κ1) is 9.05. The fraction of sp³-hybridized carbons (Fsp3) is 1.00. The summed E-state index contributed by atoms with van der Waals surface area (Å²) >= 11 is 0. The third kappa shape index (κ3) is 2.48. The van der Waals surface area contributed by atoms with Crippen LogP contribution in [0.15, 0.2) is 0 Å². The van der Waals surface area contributed by atoms with Gasteiger partial charge in [-0.25, -0.2) is 0 Å². The first-order valence-electron chi connectivity index (χ1n) is 4.97. The van der Waals surface area contributed by atoms with Crippen molar-refractivity contribution in [2.45, 2.75) is 46.1 Å². The van der Waals surface area contributed by atoms with Crippen molar-refractivity contribution in [3.05, 3.63) is 0 Å². The smallest absolute Gasteiger partial charge is 0.00902 e. The maximum Gasteiger partial charge on any atom is 0.00902 e. The molecule has 1 aliphatic heterocycles. The van der Waals surface area contributed by atoms with Crippen LogP contribution in [0.2, 0.25) is 0 Å². The second-order valence-electron chi connectivity index (χ2n) is 4.11. The van der Waals surface area contributed by atoms with Crippen LogP contribution in [0, 0.1) is 11.8 Å². The Morgan fingerprint density at radius 1 is 1.36 bits per heavy atom. The van der Waals surface area contributed by atoms with E-state index in [2.05, 4.69) is 26.1 Å². The van der Waals surface area contributed by atoms with Crippen molar-refractivity contribution in [2.24, 2.45) is 11.8 Å². The SMILES string of the molecule is CCC1CCC(C(C)C)NC1. The van der Waals surface area contributed by atoms with Crippen molar-refractivity contribution in [3.63, 3.8) is 0 Å². The molecule has 11 heavy (non-hydrogen) atoms. The van der Waals surface area contributed by atoms with Gasteiger partial charge in [0.1, 0.15) is 0 Å². The number of nitrogens with one attached hydrogen (secondary N) is 1. The highest BCUT2D eigenvalue weighted by molar-refractivity contribution is 4.78. The molecule has 0 amide bonds. The fourth-order valence-corrected chi connectivity index (χ4v) is 1.85. The molecule has 0 aromatic rings. The molecule has 1 fully saturated rings. The Balaban J connectivity index is 2.24. The van der Waals surface area contributed by atoms with Gasteiger partial charge in [0.05, 0.1) is 0 Å². The van der Waals surface area contributed by atoms with Crippen molar-refractivity contribution in [1.29, 1.82) is 0 Å². The Bertz CT molecular complexity index is 101. The zero-order valence-electron chi connectivity index (χ0n) is 8.06. The highest BCUT2D eigenvalue weighted by Crippen LogP contribution is 2.20. The van der Waals surface area contributed by atoms with E-state index in [0.29, 0.717) is 0 Å². The van der Waals surface area contributed by atoms with Crippen LogP contribution < -0.4 is 5.32 Å². The van der Waals surface area contributed by atoms with Gasteiger partial charge in [-0.05, 0) is 31.2 Å². The Labute approximate surface area is 70.6 Å². The van der Waals surface area contributed by atoms with Gasteiger partial charge < -0.3 is 5.32 Å². The lowest BCUT2D eigenvalue weighted by Gasteiger charge is -2.31. The highest BCUT2D eigenvalue weighted by atomic mass is 14.9. The summed E-state index contributed by atoms with van der Waals surface area (Å²) in [5.74, 6) is 1.76. The maximum atomic E-state index is 3.62. The van der Waals surface area contributed by atoms with Crippen LogP contribution in [-0.2, 0) is 0 Å². The van der Waals surface area contributed by atoms with E-state index < -0.39 is 0 Å². The quantitative estimate of drug-likeness (QED) is 0.645. The molecule has 0 bridgehead atoms. The summed E-state index contributed by atoms with van der Waals surface area (Å²) in [5, 5.41) is 3.62. The standard InChI is InChI=1S/C10H21N/c1-4-9-5-6-10(8(2)3)11-7-9/h8-11H,4-7H2,1-3H3. The molecule has 2 unspecified atom stereocenters. The average Bonchev–Trinajstić information content (AvgIpc) is 2.05. The fourth-order valence-electron chi connectivity index (χ4n) is 1.85. The molecule has 0 radical (unpaired) electrons. The molecule has 1 aliphatic rings. The molecule has 0 spiro atoms. The van der Waals surface area contributed by atoms with Gasteiger partial charge in [-0.1, -0.05) is 27.2 Å². The molecule has 0 aromatic heterocycles. The van der Waals surface area contributed by atoms with Crippen LogP contribution in [0.5, 0.6) is 0 Å². The summed E-state index contributed by atoms with van der Waals surface area (Å²) in [6, 6.07) is 0.790. The van der Waals surface area contributed by atoms with Crippen molar-refractivity contribution in [2.75, 3.05) is 6.54 Å². The molecule has 1 saturated heterocycles. The zero-order chi connectivity index (χ0) is 8.27. The van der Waals surface area contributed by atoms with Gasteiger partial charge in [0.2, 0.25) is 0 Å². The highest BCUT2D eigenvalue weighted by Gasteiger charge is 2.20. The van der Waals surface area contributed by atoms with Gasteiger partial charge >= 0.3 is 0 Å². The first-order valence-corrected chi connectivity index (χ1v) is 4.97. The van der Waals surface area contributed by atoms with Gasteiger partial charge in [0, 0.05) is 6.04 Å². The van der Waals surface area contributed by atoms with Gasteiger partial charge in [-0.15, -0.1) is 0 Å². The van der Waals surface area contributed by atoms with Crippen LogP contribution in [0.25, 0.3) is 0 Å². The predicted molar refractivity (Wildman–Crippen MR) is 49.6 cm³/mol. The predicted octanol–water partition coefficient (Wildman–Crippen LogP) is 2.42. The molecule has 0 aromatic carbocycles. The summed E-state index contributed by atoms with van der Waals surface area (Å²) in [6.07, 6.45) is 4.17. The second kappa shape index (κ2) is 4.10. The molecule has 1 heteroatoms. The first-order chi connectivity index (χ1) is 5.24. The van der Waals surface area contributed by atoms with Crippen molar-refractivity contribution in [3.8, 4) is 0 Å². The maximum absolute atomic E-state index is 3.62. The number of hydrogen-bond donors (Lipinski definition) is 1. The van der Waals surface area contributed by atoms with Crippen LogP contribution in [0.3, 0.4) is 0 Å². The van der Waals surface area contributed by atoms with Crippen LogP contribution in [0.1, 0.15) is 40.0 Å². The summed E-state index contributed by atoms with van der Waals surface area (Å²) < 4.78 is 0. The van der Waals surface area contributed by atoms with E-state index in [1.807, 2.05) is 0 Å². The van der Waals surface area contributed by atoms with Gasteiger partial charge in [-0.3, -0.25) is 0 Å². The summed E-state index contributed by atoms with van der Waals surface area (Å²) in [5.41, 5.74) is 0. The Hall–Kier alpha value is -0.0400. The molecule has 2 atom stereocenters. The molecule has 0 saturated carbocycles. The molecular weight excluding hydrogens is 134 g/mol. The van der Waals surface area contributed by atoms with E-state index in [1.165, 1.54) is 25.8 Å². The number of piperidine rings is 1. The second-order valence-corrected chi connectivity index (χ2v) is 4.11. The molecule has 1 N–H and O–H groups in total. The van der Waals surface area contributed by atoms with Gasteiger partial charge in [-0.2, -0.15) is 0 Å². The summed E-state index contributed by atoms with van der Waals surface area (Å²) in [7, 11) is 0. The van der Waals surface area contributed by atoms with Crippen molar-refractivity contribution < 1.29 is 0 Å². The number of rotatable bonds is 2. The lowest BCUT2D eigenvalue weighted by Crippen LogP contribution is -2.41. The van der Waals surface area contributed by atoms with Crippen molar-refractivity contribution >= 4 is 0 Å². The Morgan fingerprint density at radius 2 is 2.09 bits per heavy atom. The summed E-state index contributed by atoms with van der Waals surface area (Å²) in [6.45, 7) is 8.16. The Kier molecular flexibility index (Phi) is 3.38. The molecule has 0 aliphatic carbocycles. The van der Waals surface area contributed by atoms with E-state index in [9.17, 15) is 0 Å². The lowest BCUT2D eigenvalue weighted by molar-refractivity contribution is 0.260. The van der Waals surface area contributed by atoms with E-state index >= 15 is 0 Å². The van der Waals surface area contributed by atoms with Crippen LogP contribution >= 0.6 is 0 Å². The third-order valence-electron chi connectivity index (χ3n) is 2.94. The number of hydrogen-bond acceptors (Lipinski definition) is 1. The van der Waals surface area contributed by atoms with E-state index in [4.69, 9.17) is 0 Å². The minimum absolute atomic E-state index is 0.790. The van der Waals surface area contributed by atoms with E-state index in [-0.39, 0.29) is 0 Å². The van der Waals surface area contributed by atoms with Crippen LogP contribution in [-0.4, -0.2) is 12.6 Å². The molecule has 1 rings (SSSR count). The van der Waals surface area contributed by atoms with Crippen LogP contribution in [0.4, 0.5) is 0 Å². The molecule has 66 valence electrons. The topological polar surface area (TPSA) is 12.0 Å². The molecule has 1 heterocycles.